The summed E-state index contributed by atoms with van der Waals surface area (Å²) in [7, 11) is -0.439. The average molecular weight is 1120 g/mol. The largest absolute Gasteiger partial charge is 0.494 e. The molecule has 0 unspecified atom stereocenters. The normalized spacial score (nSPS) is 15.7. The zero-order valence-corrected chi connectivity index (χ0v) is 47.0. The van der Waals surface area contributed by atoms with Gasteiger partial charge in [0.1, 0.15) is 23.0 Å². The lowest BCUT2D eigenvalue weighted by Crippen LogP contribution is -2.41. The van der Waals surface area contributed by atoms with Crippen LogP contribution < -0.4 is 14.9 Å². The van der Waals surface area contributed by atoms with Crippen LogP contribution in [0.1, 0.15) is 72.2 Å². The van der Waals surface area contributed by atoms with Crippen molar-refractivity contribution in [1.29, 1.82) is 0 Å². The second-order valence-electron chi connectivity index (χ2n) is 22.4. The summed E-state index contributed by atoms with van der Waals surface area (Å²) in [5.41, 5.74) is 16.4. The van der Waals surface area contributed by atoms with Gasteiger partial charge in [-0.1, -0.05) is 187 Å². The molecule has 12 aromatic rings. The van der Waals surface area contributed by atoms with Crippen molar-refractivity contribution in [3.05, 3.63) is 293 Å². The molecule has 0 N–H and O–H groups in total. The van der Waals surface area contributed by atoms with Crippen molar-refractivity contribution in [2.24, 2.45) is 0 Å². The molecule has 2 aliphatic carbocycles. The van der Waals surface area contributed by atoms with Crippen LogP contribution in [0, 0.1) is 0 Å². The highest BCUT2D eigenvalue weighted by atomic mass is 35.5. The Morgan fingerprint density at radius 3 is 1.13 bits per heavy atom. The number of hydrogen-bond acceptors (Lipinski definition) is 10. The van der Waals surface area contributed by atoms with Crippen LogP contribution in [0.3, 0.4) is 0 Å². The van der Waals surface area contributed by atoms with Gasteiger partial charge in [-0.05, 0) is 150 Å². The van der Waals surface area contributed by atoms with Gasteiger partial charge in [0.25, 0.3) is 0 Å². The number of fused-ring (bicyclic) bond motifs is 18. The number of benzene rings is 10. The molecule has 2 spiro atoms. The molecule has 0 bridgehead atoms. The van der Waals surface area contributed by atoms with Gasteiger partial charge in [0.2, 0.25) is 17.7 Å². The second kappa shape index (κ2) is 19.8. The van der Waals surface area contributed by atoms with E-state index >= 15 is 0 Å². The number of aromatic nitrogens is 4. The van der Waals surface area contributed by atoms with Crippen molar-refractivity contribution in [3.8, 4) is 79.6 Å². The maximum atomic E-state index is 6.51. The van der Waals surface area contributed by atoms with Crippen LogP contribution in [0.5, 0.6) is 23.0 Å². The fraction of sp³-hybridized carbons (Fsp3) is 0.111. The molecule has 3 aliphatic heterocycles. The van der Waals surface area contributed by atoms with E-state index in [9.17, 15) is 0 Å². The number of halogens is 1. The fourth-order valence-corrected chi connectivity index (χ4v) is 13.0. The van der Waals surface area contributed by atoms with Gasteiger partial charge in [0.05, 0.1) is 22.0 Å². The predicted molar refractivity (Wildman–Crippen MR) is 327 cm³/mol. The molecule has 5 aliphatic rings. The molecule has 10 nitrogen and oxygen atoms in total. The zero-order chi connectivity index (χ0) is 56.8. The van der Waals surface area contributed by atoms with E-state index in [1.165, 1.54) is 44.5 Å². The number of ether oxygens (including phenoxy) is 2. The Balaban J connectivity index is 0.000000120. The summed E-state index contributed by atoms with van der Waals surface area (Å²) in [6.07, 6.45) is 0. The van der Waals surface area contributed by atoms with E-state index in [1.54, 1.807) is 0 Å². The summed E-state index contributed by atoms with van der Waals surface area (Å²) in [6.45, 7) is 8.37. The van der Waals surface area contributed by atoms with Gasteiger partial charge in [-0.2, -0.15) is 0 Å². The van der Waals surface area contributed by atoms with Gasteiger partial charge in [0, 0.05) is 38.9 Å². The third kappa shape index (κ3) is 7.94. The van der Waals surface area contributed by atoms with E-state index < -0.39 is 29.2 Å². The average Bonchev–Trinajstić information content (AvgIpc) is 1.56. The molecular weight excluding hydrogens is 1060 g/mol. The van der Waals surface area contributed by atoms with E-state index in [-0.39, 0.29) is 5.35 Å². The second-order valence-corrected chi connectivity index (χ2v) is 22.8. The van der Waals surface area contributed by atoms with Gasteiger partial charge in [-0.3, -0.25) is 0 Å². The molecule has 12 heteroatoms. The first-order valence-electron chi connectivity index (χ1n) is 28.0. The summed E-state index contributed by atoms with van der Waals surface area (Å²) in [6, 6.07) is 83.6. The monoisotopic (exact) mass is 1110 g/mol. The maximum absolute atomic E-state index is 6.51. The molecule has 0 amide bonds. The smallest absolute Gasteiger partial charge is 0.457 e. The van der Waals surface area contributed by atoms with Crippen LogP contribution in [0.25, 0.3) is 56.6 Å². The van der Waals surface area contributed by atoms with Crippen LogP contribution in [-0.2, 0) is 20.1 Å². The molecule has 17 rings (SSSR count). The Hall–Kier alpha value is -9.65. The topological polar surface area (TPSA) is 115 Å². The van der Waals surface area contributed by atoms with Gasteiger partial charge in [-0.25, -0.2) is 0 Å². The van der Waals surface area contributed by atoms with Crippen LogP contribution in [-0.4, -0.2) is 38.7 Å². The first-order chi connectivity index (χ1) is 41.0. The molecule has 84 heavy (non-hydrogen) atoms. The highest BCUT2D eigenvalue weighted by Gasteiger charge is 2.55. The van der Waals surface area contributed by atoms with Crippen LogP contribution in [0.15, 0.2) is 251 Å². The minimum atomic E-state index is -0.518. The number of rotatable bonds is 4. The Bertz CT molecular complexity index is 4410. The van der Waals surface area contributed by atoms with Crippen molar-refractivity contribution in [3.63, 3.8) is 0 Å². The molecule has 406 valence electrons. The fourth-order valence-electron chi connectivity index (χ4n) is 12.9. The Labute approximate surface area is 491 Å². The highest BCUT2D eigenvalue weighted by Crippen LogP contribution is 2.64. The molecule has 1 fully saturated rings. The summed E-state index contributed by atoms with van der Waals surface area (Å²) < 4.78 is 37.0. The minimum Gasteiger partial charge on any atom is -0.457 e. The van der Waals surface area contributed by atoms with E-state index in [1.807, 2.05) is 84.9 Å². The molecule has 5 heterocycles. The molecule has 0 radical (unpaired) electrons. The quantitative estimate of drug-likeness (QED) is 0.158. The Morgan fingerprint density at radius 2 is 0.679 bits per heavy atom. The van der Waals surface area contributed by atoms with Gasteiger partial charge in [-0.15, -0.1) is 15.3 Å². The Kier molecular flexibility index (Phi) is 12.1. The molecule has 0 saturated carbocycles. The lowest BCUT2D eigenvalue weighted by atomic mass is 9.64. The summed E-state index contributed by atoms with van der Waals surface area (Å²) in [5.74, 6) is 4.90. The van der Waals surface area contributed by atoms with Crippen molar-refractivity contribution >= 4 is 24.2 Å². The number of para-hydroxylation sites is 2. The molecule has 0 atom stereocenters. The Morgan fingerprint density at radius 1 is 0.321 bits per heavy atom. The van der Waals surface area contributed by atoms with Crippen molar-refractivity contribution < 1.29 is 27.6 Å². The first kappa shape index (κ1) is 51.3. The summed E-state index contributed by atoms with van der Waals surface area (Å²) in [5, 5.41) is 16.1. The lowest BCUT2D eigenvalue weighted by molar-refractivity contribution is 0.00578. The van der Waals surface area contributed by atoms with Crippen molar-refractivity contribution in [1.82, 2.24) is 20.4 Å². The number of hydrogen-bond donors (Lipinski definition) is 0. The minimum absolute atomic E-state index is 0.0638. The van der Waals surface area contributed by atoms with Gasteiger partial charge >= 0.3 is 12.5 Å². The van der Waals surface area contributed by atoms with Crippen LogP contribution in [0.2, 0.25) is 5.35 Å². The van der Waals surface area contributed by atoms with Crippen LogP contribution >= 0.6 is 11.6 Å². The zero-order valence-electron chi connectivity index (χ0n) is 46.3. The van der Waals surface area contributed by atoms with Gasteiger partial charge < -0.3 is 27.6 Å². The summed E-state index contributed by atoms with van der Waals surface area (Å²) in [4.78, 5) is 0. The predicted octanol–water partition coefficient (Wildman–Crippen LogP) is 16.7. The third-order valence-electron chi connectivity index (χ3n) is 17.4. The summed E-state index contributed by atoms with van der Waals surface area (Å²) >= 11 is 5.47. The molecule has 2 aromatic heterocycles. The first-order valence-corrected chi connectivity index (χ1v) is 28.4. The van der Waals surface area contributed by atoms with E-state index in [2.05, 4.69) is 206 Å². The van der Waals surface area contributed by atoms with E-state index in [4.69, 9.17) is 39.2 Å². The lowest BCUT2D eigenvalue weighted by Gasteiger charge is -2.39. The maximum Gasteiger partial charge on any atom is 0.494 e. The molecular formula is C72H52BClN4O6. The van der Waals surface area contributed by atoms with Crippen molar-refractivity contribution in [2.45, 2.75) is 49.7 Å². The standard InChI is InChI=1S/C33H20N2O2.C31H27BO3.C8H5ClN2O/c1-2-10-21(11-3-1)31-34-35-32(37-31)22-18-19-30-28(20-22)33(27-16-8-9-17-29(27)36-30)25-14-6-4-12-23(25)24-13-5-7-15-26(24)33;1-29(2)30(3,4)35-32(34-29)20-17-18-28-26(19-20)31(25-15-9-10-16-27(25)33-28)23-13-7-5-11-21(23)22-12-6-8-14-24(22)31;9-8-11-10-7(12-8)6-4-2-1-3-5-6/h1-20H;5-19H,1-4H3;1-5H. The van der Waals surface area contributed by atoms with Crippen molar-refractivity contribution in [2.75, 3.05) is 0 Å². The van der Waals surface area contributed by atoms with E-state index in [0.29, 0.717) is 17.7 Å². The SMILES string of the molecule is CC1(C)OB(c2ccc3c(c2)C2(c4ccccc4O3)c3ccccc3-c3ccccc32)OC1(C)C.Clc1nnc(-c2ccccc2)o1.c1ccc(-c2nnc(-c3ccc4c(c3)C3(c5ccccc5O4)c4ccccc4-c4ccccc43)o2)cc1. The number of nitrogens with zero attached hydrogens (tertiary/aromatic N) is 4. The highest BCUT2D eigenvalue weighted by molar-refractivity contribution is 6.62. The van der Waals surface area contributed by atoms with Crippen LogP contribution in [0.4, 0.5) is 0 Å². The molecule has 1 saturated heterocycles. The third-order valence-corrected chi connectivity index (χ3v) is 17.5. The van der Waals surface area contributed by atoms with Gasteiger partial charge in [0.15, 0.2) is 0 Å². The molecule has 10 aromatic carbocycles. The van der Waals surface area contributed by atoms with E-state index in [0.717, 1.165) is 67.4 Å².